The Morgan fingerprint density at radius 1 is 1.00 bits per heavy atom. The molecule has 0 aliphatic carbocycles. The van der Waals surface area contributed by atoms with E-state index in [9.17, 15) is 9.59 Å². The van der Waals surface area contributed by atoms with Crippen LogP contribution in [0.1, 0.15) is 24.0 Å². The number of hydrogen-bond donors (Lipinski definition) is 2. The molecule has 1 amide bonds. The van der Waals surface area contributed by atoms with E-state index in [0.717, 1.165) is 32.0 Å². The highest BCUT2D eigenvalue weighted by Gasteiger charge is 2.11. The van der Waals surface area contributed by atoms with Crippen LogP contribution in [0.25, 0.3) is 20.8 Å². The first kappa shape index (κ1) is 24.5. The lowest BCUT2D eigenvalue weighted by atomic mass is 10.2. The van der Waals surface area contributed by atoms with Crippen molar-refractivity contribution in [3.05, 3.63) is 83.9 Å². The van der Waals surface area contributed by atoms with Gasteiger partial charge in [-0.2, -0.15) is 0 Å². The van der Waals surface area contributed by atoms with Gasteiger partial charge >= 0.3 is 5.97 Å². The first-order valence-electron chi connectivity index (χ1n) is 11.2. The number of esters is 1. The number of carbonyl (C=O) groups is 2. The Balaban J connectivity index is 1.20. The van der Waals surface area contributed by atoms with Gasteiger partial charge in [0.1, 0.15) is 5.01 Å². The van der Waals surface area contributed by atoms with E-state index in [1.54, 1.807) is 11.3 Å². The van der Waals surface area contributed by atoms with Crippen molar-refractivity contribution < 1.29 is 14.3 Å². The monoisotopic (exact) mass is 503 g/mol. The minimum absolute atomic E-state index is 0.000372. The Kier molecular flexibility index (Phi) is 8.18. The van der Waals surface area contributed by atoms with Crippen molar-refractivity contribution in [1.29, 1.82) is 0 Å². The fraction of sp³-hybridized carbons (Fsp3) is 0.185. The van der Waals surface area contributed by atoms with Crippen molar-refractivity contribution >= 4 is 56.4 Å². The Morgan fingerprint density at radius 2 is 1.77 bits per heavy atom. The standard InChI is InChI=1S/C27H25N3O3S2/c1-18-7-12-22-23(17-18)35-26(29-22)20-8-10-21(11-9-20)28-27(34)30-24(31)13-14-25(32)33-16-15-19-5-3-2-4-6-19/h2-12,17H,13-16H2,1H3,(H2,28,30,31,34). The summed E-state index contributed by atoms with van der Waals surface area (Å²) in [5.41, 5.74) is 5.05. The van der Waals surface area contributed by atoms with Gasteiger partial charge in [0.25, 0.3) is 0 Å². The summed E-state index contributed by atoms with van der Waals surface area (Å²) in [5, 5.41) is 6.71. The van der Waals surface area contributed by atoms with E-state index in [2.05, 4.69) is 29.7 Å². The summed E-state index contributed by atoms with van der Waals surface area (Å²) < 4.78 is 6.36. The minimum Gasteiger partial charge on any atom is -0.465 e. The zero-order valence-electron chi connectivity index (χ0n) is 19.2. The predicted molar refractivity (Wildman–Crippen MR) is 144 cm³/mol. The van der Waals surface area contributed by atoms with Crippen LogP contribution in [0.3, 0.4) is 0 Å². The number of thiazole rings is 1. The van der Waals surface area contributed by atoms with E-state index in [4.69, 9.17) is 21.9 Å². The van der Waals surface area contributed by atoms with E-state index in [1.807, 2.05) is 60.7 Å². The number of carbonyl (C=O) groups excluding carboxylic acids is 2. The number of rotatable bonds is 8. The van der Waals surface area contributed by atoms with Gasteiger partial charge in [-0.05, 0) is 66.7 Å². The van der Waals surface area contributed by atoms with Gasteiger partial charge in [-0.3, -0.25) is 9.59 Å². The molecule has 8 heteroatoms. The number of benzene rings is 3. The molecule has 1 aromatic heterocycles. The molecule has 3 aromatic carbocycles. The van der Waals surface area contributed by atoms with Crippen LogP contribution in [0.5, 0.6) is 0 Å². The maximum absolute atomic E-state index is 12.1. The average molecular weight is 504 g/mol. The van der Waals surface area contributed by atoms with Crippen LogP contribution in [0.15, 0.2) is 72.8 Å². The van der Waals surface area contributed by atoms with Crippen molar-refractivity contribution in [3.63, 3.8) is 0 Å². The third-order valence-electron chi connectivity index (χ3n) is 5.24. The first-order chi connectivity index (χ1) is 17.0. The number of amides is 1. The quantitative estimate of drug-likeness (QED) is 0.239. The molecule has 1 heterocycles. The molecule has 0 unspecified atom stereocenters. The lowest BCUT2D eigenvalue weighted by Crippen LogP contribution is -2.34. The van der Waals surface area contributed by atoms with Crippen LogP contribution in [0.4, 0.5) is 5.69 Å². The van der Waals surface area contributed by atoms with E-state index in [0.29, 0.717) is 6.42 Å². The number of thiocarbonyl (C=S) groups is 1. The number of nitrogens with zero attached hydrogens (tertiary/aromatic N) is 1. The van der Waals surface area contributed by atoms with Gasteiger partial charge in [-0.1, -0.05) is 36.4 Å². The number of nitrogens with one attached hydrogen (secondary N) is 2. The van der Waals surface area contributed by atoms with Crippen molar-refractivity contribution in [2.45, 2.75) is 26.2 Å². The molecule has 178 valence electrons. The molecule has 0 fully saturated rings. The topological polar surface area (TPSA) is 80.3 Å². The summed E-state index contributed by atoms with van der Waals surface area (Å²) in [5.74, 6) is -0.751. The SMILES string of the molecule is Cc1ccc2nc(-c3ccc(NC(=S)NC(=O)CCC(=O)OCCc4ccccc4)cc3)sc2c1. The highest BCUT2D eigenvalue weighted by Crippen LogP contribution is 2.31. The summed E-state index contributed by atoms with van der Waals surface area (Å²) in [6, 6.07) is 23.7. The fourth-order valence-electron chi connectivity index (χ4n) is 3.42. The molecule has 0 saturated heterocycles. The maximum atomic E-state index is 12.1. The number of aryl methyl sites for hydroxylation is 1. The van der Waals surface area contributed by atoms with Gasteiger partial charge in [-0.25, -0.2) is 4.98 Å². The van der Waals surface area contributed by atoms with E-state index in [1.165, 1.54) is 5.56 Å². The van der Waals surface area contributed by atoms with Crippen LogP contribution < -0.4 is 10.6 Å². The molecule has 4 aromatic rings. The maximum Gasteiger partial charge on any atom is 0.306 e. The Morgan fingerprint density at radius 3 is 2.54 bits per heavy atom. The fourth-order valence-corrected chi connectivity index (χ4v) is 4.72. The second-order valence-corrected chi connectivity index (χ2v) is 9.46. The third-order valence-corrected chi connectivity index (χ3v) is 6.51. The molecular weight excluding hydrogens is 478 g/mol. The highest BCUT2D eigenvalue weighted by molar-refractivity contribution is 7.80. The Hall–Kier alpha value is -3.62. The predicted octanol–water partition coefficient (Wildman–Crippen LogP) is 5.65. The molecule has 2 N–H and O–H groups in total. The van der Waals surface area contributed by atoms with Gasteiger partial charge in [0.15, 0.2) is 5.11 Å². The number of aromatic nitrogens is 1. The van der Waals surface area contributed by atoms with Crippen LogP contribution in [0, 0.1) is 6.92 Å². The van der Waals surface area contributed by atoms with Crippen LogP contribution >= 0.6 is 23.6 Å². The van der Waals surface area contributed by atoms with Gasteiger partial charge in [0, 0.05) is 24.1 Å². The van der Waals surface area contributed by atoms with Crippen LogP contribution in [0.2, 0.25) is 0 Å². The van der Waals surface area contributed by atoms with Crippen molar-refractivity contribution in [3.8, 4) is 10.6 Å². The molecule has 0 spiro atoms. The first-order valence-corrected chi connectivity index (χ1v) is 12.5. The van der Waals surface area contributed by atoms with Gasteiger partial charge < -0.3 is 15.4 Å². The summed E-state index contributed by atoms with van der Waals surface area (Å²) in [4.78, 5) is 28.7. The van der Waals surface area contributed by atoms with Gasteiger partial charge in [0.2, 0.25) is 5.91 Å². The summed E-state index contributed by atoms with van der Waals surface area (Å²) in [6.45, 7) is 2.36. The smallest absolute Gasteiger partial charge is 0.306 e. The van der Waals surface area contributed by atoms with Crippen molar-refractivity contribution in [2.75, 3.05) is 11.9 Å². The molecule has 35 heavy (non-hydrogen) atoms. The molecule has 6 nitrogen and oxygen atoms in total. The second kappa shape index (κ2) is 11.7. The van der Waals surface area contributed by atoms with Crippen LogP contribution in [-0.2, 0) is 20.7 Å². The Labute approximate surface area is 213 Å². The number of hydrogen-bond acceptors (Lipinski definition) is 6. The van der Waals surface area contributed by atoms with Crippen molar-refractivity contribution in [1.82, 2.24) is 10.3 Å². The summed E-state index contributed by atoms with van der Waals surface area (Å²) in [6.07, 6.45) is 0.645. The normalized spacial score (nSPS) is 10.7. The second-order valence-electron chi connectivity index (χ2n) is 8.03. The molecule has 4 rings (SSSR count). The summed E-state index contributed by atoms with van der Waals surface area (Å²) in [7, 11) is 0. The Bertz CT molecular complexity index is 1340. The molecule has 0 bridgehead atoms. The van der Waals surface area contributed by atoms with E-state index < -0.39 is 5.97 Å². The zero-order valence-corrected chi connectivity index (χ0v) is 20.9. The zero-order chi connectivity index (χ0) is 24.6. The lowest BCUT2D eigenvalue weighted by molar-refractivity contribution is -0.144. The average Bonchev–Trinajstić information content (AvgIpc) is 3.27. The van der Waals surface area contributed by atoms with Crippen molar-refractivity contribution in [2.24, 2.45) is 0 Å². The van der Waals surface area contributed by atoms with Gasteiger partial charge in [0.05, 0.1) is 23.2 Å². The minimum atomic E-state index is -0.407. The molecule has 0 radical (unpaired) electrons. The number of anilines is 1. The van der Waals surface area contributed by atoms with E-state index >= 15 is 0 Å². The number of fused-ring (bicyclic) bond motifs is 1. The summed E-state index contributed by atoms with van der Waals surface area (Å²) >= 11 is 6.88. The lowest BCUT2D eigenvalue weighted by Gasteiger charge is -2.10. The number of ether oxygens (including phenoxy) is 1. The van der Waals surface area contributed by atoms with Gasteiger partial charge in [-0.15, -0.1) is 11.3 Å². The molecule has 0 aliphatic heterocycles. The highest BCUT2D eigenvalue weighted by atomic mass is 32.1. The third kappa shape index (κ3) is 7.18. The molecular formula is C27H25N3O3S2. The van der Waals surface area contributed by atoms with Crippen LogP contribution in [-0.4, -0.2) is 28.6 Å². The molecule has 0 atom stereocenters. The van der Waals surface area contributed by atoms with E-state index in [-0.39, 0.29) is 30.5 Å². The largest absolute Gasteiger partial charge is 0.465 e. The molecule has 0 aliphatic rings. The molecule has 0 saturated carbocycles.